The van der Waals surface area contributed by atoms with Gasteiger partial charge >= 0.3 is 0 Å². The van der Waals surface area contributed by atoms with Crippen LogP contribution < -0.4 is 11.3 Å². The Bertz CT molecular complexity index is 469. The molecule has 0 saturated carbocycles. The summed E-state index contributed by atoms with van der Waals surface area (Å²) in [6.45, 7) is 1.76. The van der Waals surface area contributed by atoms with Crippen LogP contribution in [0.15, 0.2) is 29.2 Å². The molecule has 5 heteroatoms. The molecule has 0 bridgehead atoms. The summed E-state index contributed by atoms with van der Waals surface area (Å²) in [5.74, 6) is 0.0960. The van der Waals surface area contributed by atoms with Crippen molar-refractivity contribution in [3.63, 3.8) is 0 Å². The summed E-state index contributed by atoms with van der Waals surface area (Å²) >= 11 is 0. The second kappa shape index (κ2) is 5.82. The van der Waals surface area contributed by atoms with Crippen LogP contribution >= 0.6 is 0 Å². The third-order valence-corrected chi connectivity index (χ3v) is 3.44. The SMILES string of the molecule is NC[C@@H]1CCCN1C(=O)CCn1ccccc1=O. The minimum absolute atomic E-state index is 0.0675. The maximum Gasteiger partial charge on any atom is 0.250 e. The van der Waals surface area contributed by atoms with Gasteiger partial charge in [-0.05, 0) is 18.9 Å². The molecule has 2 rings (SSSR count). The Hall–Kier alpha value is -1.62. The van der Waals surface area contributed by atoms with Crippen molar-refractivity contribution in [2.45, 2.75) is 31.8 Å². The fourth-order valence-corrected chi connectivity index (χ4v) is 2.41. The molecule has 1 amide bonds. The first-order chi connectivity index (χ1) is 8.72. The zero-order valence-corrected chi connectivity index (χ0v) is 10.4. The number of amides is 1. The maximum atomic E-state index is 12.1. The quantitative estimate of drug-likeness (QED) is 0.828. The molecule has 1 aromatic rings. The molecular formula is C13H19N3O2. The molecule has 0 spiro atoms. The number of hydrogen-bond acceptors (Lipinski definition) is 3. The van der Waals surface area contributed by atoms with Gasteiger partial charge in [-0.25, -0.2) is 0 Å². The smallest absolute Gasteiger partial charge is 0.250 e. The molecule has 1 saturated heterocycles. The van der Waals surface area contributed by atoms with E-state index in [1.54, 1.807) is 22.9 Å². The molecule has 98 valence electrons. The van der Waals surface area contributed by atoms with Gasteiger partial charge in [0.15, 0.2) is 0 Å². The molecular weight excluding hydrogens is 230 g/mol. The average molecular weight is 249 g/mol. The Morgan fingerprint density at radius 2 is 2.28 bits per heavy atom. The van der Waals surface area contributed by atoms with Crippen molar-refractivity contribution in [2.75, 3.05) is 13.1 Å². The third kappa shape index (κ3) is 2.79. The lowest BCUT2D eigenvalue weighted by molar-refractivity contribution is -0.132. The fourth-order valence-electron chi connectivity index (χ4n) is 2.41. The zero-order valence-electron chi connectivity index (χ0n) is 10.4. The minimum Gasteiger partial charge on any atom is -0.338 e. The molecule has 1 aromatic heterocycles. The van der Waals surface area contributed by atoms with Crippen LogP contribution in [0.5, 0.6) is 0 Å². The van der Waals surface area contributed by atoms with Gasteiger partial charge in [-0.3, -0.25) is 9.59 Å². The number of hydrogen-bond donors (Lipinski definition) is 1. The monoisotopic (exact) mass is 249 g/mol. The maximum absolute atomic E-state index is 12.1. The van der Waals surface area contributed by atoms with Gasteiger partial charge in [0, 0.05) is 44.4 Å². The molecule has 0 radical (unpaired) electrons. The standard InChI is InChI=1S/C13H19N3O2/c14-10-11-4-3-8-16(11)13(18)6-9-15-7-2-1-5-12(15)17/h1-2,5,7,11H,3-4,6,8-10,14H2/t11-/m0/s1. The number of nitrogens with zero attached hydrogens (tertiary/aromatic N) is 2. The van der Waals surface area contributed by atoms with E-state index in [1.165, 1.54) is 6.07 Å². The van der Waals surface area contributed by atoms with Crippen LogP contribution in [-0.4, -0.2) is 34.5 Å². The summed E-state index contributed by atoms with van der Waals surface area (Å²) in [6, 6.07) is 5.18. The largest absolute Gasteiger partial charge is 0.338 e. The fraction of sp³-hybridized carbons (Fsp3) is 0.538. The van der Waals surface area contributed by atoms with Gasteiger partial charge in [0.05, 0.1) is 0 Å². The number of aryl methyl sites for hydroxylation is 1. The van der Waals surface area contributed by atoms with Crippen LogP contribution in [0.2, 0.25) is 0 Å². The van der Waals surface area contributed by atoms with E-state index in [2.05, 4.69) is 0 Å². The van der Waals surface area contributed by atoms with E-state index in [-0.39, 0.29) is 17.5 Å². The highest BCUT2D eigenvalue weighted by Gasteiger charge is 2.26. The number of nitrogens with two attached hydrogens (primary N) is 1. The van der Waals surface area contributed by atoms with Gasteiger partial charge in [0.2, 0.25) is 5.91 Å². The van der Waals surface area contributed by atoms with Crippen LogP contribution in [0.25, 0.3) is 0 Å². The predicted octanol–water partition coefficient (Wildman–Crippen LogP) is 0.188. The van der Waals surface area contributed by atoms with E-state index in [0.29, 0.717) is 19.5 Å². The second-order valence-electron chi connectivity index (χ2n) is 4.60. The molecule has 0 aliphatic carbocycles. The van der Waals surface area contributed by atoms with Crippen molar-refractivity contribution in [3.8, 4) is 0 Å². The molecule has 0 unspecified atom stereocenters. The first-order valence-corrected chi connectivity index (χ1v) is 6.37. The third-order valence-electron chi connectivity index (χ3n) is 3.44. The summed E-state index contributed by atoms with van der Waals surface area (Å²) < 4.78 is 1.56. The van der Waals surface area contributed by atoms with Crippen LogP contribution in [0.4, 0.5) is 0 Å². The topological polar surface area (TPSA) is 68.3 Å². The van der Waals surface area contributed by atoms with Gasteiger partial charge in [-0.1, -0.05) is 6.07 Å². The Kier molecular flexibility index (Phi) is 4.15. The average Bonchev–Trinajstić information content (AvgIpc) is 2.86. The summed E-state index contributed by atoms with van der Waals surface area (Å²) in [7, 11) is 0. The lowest BCUT2D eigenvalue weighted by Gasteiger charge is -2.23. The van der Waals surface area contributed by atoms with Crippen molar-refractivity contribution in [2.24, 2.45) is 5.73 Å². The highest BCUT2D eigenvalue weighted by molar-refractivity contribution is 5.76. The first kappa shape index (κ1) is 12.8. The van der Waals surface area contributed by atoms with E-state index in [9.17, 15) is 9.59 Å². The number of likely N-dealkylation sites (tertiary alicyclic amines) is 1. The molecule has 0 aromatic carbocycles. The molecule has 2 N–H and O–H groups in total. The molecule has 1 atom stereocenters. The van der Waals surface area contributed by atoms with Gasteiger partial charge in [-0.15, -0.1) is 0 Å². The van der Waals surface area contributed by atoms with Gasteiger partial charge in [0.1, 0.15) is 0 Å². The molecule has 18 heavy (non-hydrogen) atoms. The van der Waals surface area contributed by atoms with Crippen molar-refractivity contribution in [3.05, 3.63) is 34.7 Å². The van der Waals surface area contributed by atoms with Crippen molar-refractivity contribution >= 4 is 5.91 Å². The van der Waals surface area contributed by atoms with Crippen molar-refractivity contribution in [1.29, 1.82) is 0 Å². The van der Waals surface area contributed by atoms with Gasteiger partial charge < -0.3 is 15.2 Å². The van der Waals surface area contributed by atoms with Gasteiger partial charge in [-0.2, -0.15) is 0 Å². The van der Waals surface area contributed by atoms with E-state index >= 15 is 0 Å². The number of aromatic nitrogens is 1. The van der Waals surface area contributed by atoms with Crippen molar-refractivity contribution < 1.29 is 4.79 Å². The summed E-state index contributed by atoms with van der Waals surface area (Å²) in [4.78, 5) is 25.4. The molecule has 1 aliphatic heterocycles. The Morgan fingerprint density at radius 3 is 3.00 bits per heavy atom. The first-order valence-electron chi connectivity index (χ1n) is 6.37. The van der Waals surface area contributed by atoms with Crippen LogP contribution in [0.3, 0.4) is 0 Å². The van der Waals surface area contributed by atoms with Gasteiger partial charge in [0.25, 0.3) is 5.56 Å². The number of carbonyl (C=O) groups excluding carboxylic acids is 1. The van der Waals surface area contributed by atoms with Crippen molar-refractivity contribution in [1.82, 2.24) is 9.47 Å². The van der Waals surface area contributed by atoms with E-state index in [4.69, 9.17) is 5.73 Å². The summed E-state index contributed by atoms with van der Waals surface area (Å²) in [6.07, 6.45) is 4.09. The minimum atomic E-state index is -0.0675. The number of carbonyl (C=O) groups is 1. The van der Waals surface area contributed by atoms with E-state index in [1.807, 2.05) is 4.90 Å². The number of pyridine rings is 1. The highest BCUT2D eigenvalue weighted by Crippen LogP contribution is 2.17. The number of rotatable bonds is 4. The molecule has 2 heterocycles. The normalized spacial score (nSPS) is 19.2. The van der Waals surface area contributed by atoms with Crippen LogP contribution in [-0.2, 0) is 11.3 Å². The molecule has 1 fully saturated rings. The Balaban J connectivity index is 1.92. The second-order valence-corrected chi connectivity index (χ2v) is 4.60. The zero-order chi connectivity index (χ0) is 13.0. The molecule has 1 aliphatic rings. The summed E-state index contributed by atoms with van der Waals surface area (Å²) in [5.41, 5.74) is 5.58. The molecule has 5 nitrogen and oxygen atoms in total. The Labute approximate surface area is 106 Å². The lowest BCUT2D eigenvalue weighted by Crippen LogP contribution is -2.40. The van der Waals surface area contributed by atoms with Crippen LogP contribution in [0.1, 0.15) is 19.3 Å². The van der Waals surface area contributed by atoms with E-state index in [0.717, 1.165) is 19.4 Å². The lowest BCUT2D eigenvalue weighted by atomic mass is 10.2. The highest BCUT2D eigenvalue weighted by atomic mass is 16.2. The Morgan fingerprint density at radius 1 is 1.44 bits per heavy atom. The van der Waals surface area contributed by atoms with Crippen LogP contribution in [0, 0.1) is 0 Å². The predicted molar refractivity (Wildman–Crippen MR) is 69.1 cm³/mol. The van der Waals surface area contributed by atoms with E-state index < -0.39 is 0 Å². The summed E-state index contributed by atoms with van der Waals surface area (Å²) in [5, 5.41) is 0.